The van der Waals surface area contributed by atoms with Crippen LogP contribution in [0.2, 0.25) is 5.02 Å². The normalized spacial score (nSPS) is 26.7. The standard InChI is InChI=1S/C24H20ClNO4/c1-13-10-16-11-19(13)21-20(16)22(27)26(23(21)28)18-8-4-15(5-9-18)24(29)30-12-14-2-6-17(25)7-3-14/h2-10,16,19-21H,11-12H2,1H3/t16-,19+,20-,21+/m0/s1. The summed E-state index contributed by atoms with van der Waals surface area (Å²) in [7, 11) is 0. The van der Waals surface area contributed by atoms with Gasteiger partial charge in [-0.1, -0.05) is 35.4 Å². The zero-order valence-electron chi connectivity index (χ0n) is 16.4. The number of carbonyl (C=O) groups is 3. The van der Waals surface area contributed by atoms with E-state index in [0.717, 1.165) is 12.0 Å². The van der Waals surface area contributed by atoms with Crippen molar-refractivity contribution in [2.45, 2.75) is 20.0 Å². The third-order valence-corrected chi connectivity index (χ3v) is 6.78. The van der Waals surface area contributed by atoms with Crippen molar-refractivity contribution >= 4 is 35.1 Å². The molecule has 2 aliphatic carbocycles. The molecule has 2 aromatic carbocycles. The molecule has 1 aliphatic heterocycles. The molecule has 6 heteroatoms. The SMILES string of the molecule is CC1=C[C@H]2C[C@H]1[C@H]1C(=O)N(c3ccc(C(=O)OCc4ccc(Cl)cc4)cc3)C(=O)[C@H]12. The second-order valence-corrected chi connectivity index (χ2v) is 8.67. The molecule has 5 nitrogen and oxygen atoms in total. The molecule has 152 valence electrons. The fraction of sp³-hybridized carbons (Fsp3) is 0.292. The highest BCUT2D eigenvalue weighted by atomic mass is 35.5. The van der Waals surface area contributed by atoms with Crippen molar-refractivity contribution in [1.29, 1.82) is 0 Å². The van der Waals surface area contributed by atoms with Crippen molar-refractivity contribution in [3.63, 3.8) is 0 Å². The van der Waals surface area contributed by atoms with E-state index in [0.29, 0.717) is 16.3 Å². The fourth-order valence-corrected chi connectivity index (χ4v) is 5.21. The van der Waals surface area contributed by atoms with Gasteiger partial charge < -0.3 is 4.74 Å². The summed E-state index contributed by atoms with van der Waals surface area (Å²) in [5.74, 6) is -0.841. The number of halogens is 1. The number of carbonyl (C=O) groups excluding carboxylic acids is 3. The van der Waals surface area contributed by atoms with Gasteiger partial charge in [0.25, 0.3) is 0 Å². The number of fused-ring (bicyclic) bond motifs is 5. The minimum Gasteiger partial charge on any atom is -0.457 e. The second-order valence-electron chi connectivity index (χ2n) is 8.23. The molecule has 0 N–H and O–H groups in total. The van der Waals surface area contributed by atoms with E-state index >= 15 is 0 Å². The molecule has 4 atom stereocenters. The van der Waals surface area contributed by atoms with E-state index in [1.54, 1.807) is 48.5 Å². The van der Waals surface area contributed by atoms with E-state index in [1.807, 2.05) is 6.92 Å². The van der Waals surface area contributed by atoms with Gasteiger partial charge in [0.2, 0.25) is 11.8 Å². The van der Waals surface area contributed by atoms with Gasteiger partial charge >= 0.3 is 5.97 Å². The van der Waals surface area contributed by atoms with Crippen LogP contribution in [-0.2, 0) is 20.9 Å². The van der Waals surface area contributed by atoms with Crippen molar-refractivity contribution in [2.75, 3.05) is 4.90 Å². The van der Waals surface area contributed by atoms with Crippen LogP contribution in [0.5, 0.6) is 0 Å². The van der Waals surface area contributed by atoms with Crippen molar-refractivity contribution in [3.8, 4) is 0 Å². The molecule has 2 bridgehead atoms. The maximum Gasteiger partial charge on any atom is 0.338 e. The Morgan fingerprint density at radius 1 is 1.03 bits per heavy atom. The van der Waals surface area contributed by atoms with Crippen LogP contribution in [0.15, 0.2) is 60.2 Å². The number of allylic oxidation sites excluding steroid dienone is 2. The van der Waals surface area contributed by atoms with E-state index in [2.05, 4.69) is 6.08 Å². The Labute approximate surface area is 179 Å². The Morgan fingerprint density at radius 2 is 1.70 bits per heavy atom. The van der Waals surface area contributed by atoms with Crippen molar-refractivity contribution < 1.29 is 19.1 Å². The number of anilines is 1. The van der Waals surface area contributed by atoms with Crippen LogP contribution in [0.3, 0.4) is 0 Å². The van der Waals surface area contributed by atoms with Crippen LogP contribution in [-0.4, -0.2) is 17.8 Å². The summed E-state index contributed by atoms with van der Waals surface area (Å²) in [6.07, 6.45) is 3.06. The van der Waals surface area contributed by atoms with Crippen LogP contribution in [0, 0.1) is 23.7 Å². The minimum absolute atomic E-state index is 0.122. The first-order valence-corrected chi connectivity index (χ1v) is 10.4. The van der Waals surface area contributed by atoms with E-state index in [-0.39, 0.29) is 42.1 Å². The predicted octanol–water partition coefficient (Wildman–Crippen LogP) is 4.40. The quantitative estimate of drug-likeness (QED) is 0.417. The Kier molecular flexibility index (Phi) is 4.51. The number of benzene rings is 2. The Hall–Kier alpha value is -2.92. The Balaban J connectivity index is 1.28. The zero-order valence-corrected chi connectivity index (χ0v) is 17.1. The average molecular weight is 422 g/mol. The first-order chi connectivity index (χ1) is 14.4. The molecule has 0 aromatic heterocycles. The smallest absolute Gasteiger partial charge is 0.338 e. The van der Waals surface area contributed by atoms with Crippen LogP contribution in [0.4, 0.5) is 5.69 Å². The van der Waals surface area contributed by atoms with Gasteiger partial charge in [-0.15, -0.1) is 0 Å². The Morgan fingerprint density at radius 3 is 2.40 bits per heavy atom. The van der Waals surface area contributed by atoms with E-state index in [4.69, 9.17) is 16.3 Å². The number of rotatable bonds is 4. The number of nitrogens with zero attached hydrogens (tertiary/aromatic N) is 1. The Bertz CT molecular complexity index is 1070. The molecular formula is C24H20ClNO4. The molecule has 30 heavy (non-hydrogen) atoms. The summed E-state index contributed by atoms with van der Waals surface area (Å²) < 4.78 is 5.33. The monoisotopic (exact) mass is 421 g/mol. The number of amides is 2. The summed E-state index contributed by atoms with van der Waals surface area (Å²) in [6.45, 7) is 2.19. The molecule has 1 saturated carbocycles. The van der Waals surface area contributed by atoms with Crippen LogP contribution in [0.25, 0.3) is 0 Å². The molecule has 0 radical (unpaired) electrons. The second kappa shape index (κ2) is 7.10. The fourth-order valence-electron chi connectivity index (χ4n) is 5.09. The molecule has 5 rings (SSSR count). The molecular weight excluding hydrogens is 402 g/mol. The number of ether oxygens (including phenoxy) is 1. The lowest BCUT2D eigenvalue weighted by Gasteiger charge is -2.19. The molecule has 2 amide bonds. The third-order valence-electron chi connectivity index (χ3n) is 6.53. The molecule has 1 saturated heterocycles. The van der Waals surface area contributed by atoms with E-state index in [1.165, 1.54) is 10.5 Å². The summed E-state index contributed by atoms with van der Waals surface area (Å²) in [5, 5.41) is 0.620. The van der Waals surface area contributed by atoms with Crippen LogP contribution < -0.4 is 4.90 Å². The molecule has 0 spiro atoms. The van der Waals surface area contributed by atoms with Crippen molar-refractivity contribution in [3.05, 3.63) is 76.3 Å². The highest BCUT2D eigenvalue weighted by molar-refractivity contribution is 6.30. The maximum atomic E-state index is 13.0. The number of hydrogen-bond acceptors (Lipinski definition) is 4. The predicted molar refractivity (Wildman–Crippen MR) is 112 cm³/mol. The lowest BCUT2D eigenvalue weighted by Crippen LogP contribution is -2.32. The summed E-state index contributed by atoms with van der Waals surface area (Å²) in [4.78, 5) is 39.6. The molecule has 3 aliphatic rings. The van der Waals surface area contributed by atoms with Crippen LogP contribution in [0.1, 0.15) is 29.3 Å². The number of esters is 1. The van der Waals surface area contributed by atoms with Gasteiger partial charge in [0.1, 0.15) is 6.61 Å². The molecule has 2 aromatic rings. The minimum atomic E-state index is -0.467. The van der Waals surface area contributed by atoms with Gasteiger partial charge in [0, 0.05) is 5.02 Å². The highest BCUT2D eigenvalue weighted by Crippen LogP contribution is 2.55. The number of imide groups is 1. The van der Waals surface area contributed by atoms with Gasteiger partial charge in [-0.3, -0.25) is 14.5 Å². The summed E-state index contributed by atoms with van der Waals surface area (Å²) in [5.41, 5.74) is 2.93. The lowest BCUT2D eigenvalue weighted by molar-refractivity contribution is -0.123. The number of hydrogen-bond donors (Lipinski definition) is 0. The maximum absolute atomic E-state index is 13.0. The summed E-state index contributed by atoms with van der Waals surface area (Å²) in [6, 6.07) is 13.5. The van der Waals surface area contributed by atoms with Crippen molar-refractivity contribution in [2.24, 2.45) is 23.7 Å². The molecule has 1 heterocycles. The molecule has 2 fully saturated rings. The highest BCUT2D eigenvalue weighted by Gasteiger charge is 2.60. The molecule has 0 unspecified atom stereocenters. The largest absolute Gasteiger partial charge is 0.457 e. The van der Waals surface area contributed by atoms with Gasteiger partial charge in [0.15, 0.2) is 0 Å². The van der Waals surface area contributed by atoms with Crippen LogP contribution >= 0.6 is 11.6 Å². The van der Waals surface area contributed by atoms with Gasteiger partial charge in [0.05, 0.1) is 23.1 Å². The topological polar surface area (TPSA) is 63.7 Å². The van der Waals surface area contributed by atoms with E-state index in [9.17, 15) is 14.4 Å². The zero-order chi connectivity index (χ0) is 21.0. The lowest BCUT2D eigenvalue weighted by atomic mass is 9.82. The first-order valence-electron chi connectivity index (χ1n) is 10.0. The van der Waals surface area contributed by atoms with Gasteiger partial charge in [-0.25, -0.2) is 4.79 Å². The van der Waals surface area contributed by atoms with Gasteiger partial charge in [-0.05, 0) is 67.1 Å². The third kappa shape index (κ3) is 2.96. The van der Waals surface area contributed by atoms with Crippen molar-refractivity contribution in [1.82, 2.24) is 0 Å². The average Bonchev–Trinajstić information content (AvgIpc) is 3.38. The summed E-state index contributed by atoms with van der Waals surface area (Å²) >= 11 is 5.85. The van der Waals surface area contributed by atoms with Gasteiger partial charge in [-0.2, -0.15) is 0 Å². The first kappa shape index (κ1) is 19.1. The van der Waals surface area contributed by atoms with E-state index < -0.39 is 5.97 Å².